The van der Waals surface area contributed by atoms with Crippen LogP contribution in [0.25, 0.3) is 0 Å². The molecule has 0 saturated carbocycles. The third-order valence-electron chi connectivity index (χ3n) is 2.42. The second-order valence-corrected chi connectivity index (χ2v) is 5.66. The molecule has 1 aromatic carbocycles. The fraction of sp³-hybridized carbons (Fsp3) is 0.267. The third kappa shape index (κ3) is 5.63. The first kappa shape index (κ1) is 17.4. The molecule has 0 bridgehead atoms. The molecule has 2 aromatic rings. The van der Waals surface area contributed by atoms with Crippen LogP contribution in [-0.2, 0) is 0 Å². The van der Waals surface area contributed by atoms with E-state index in [0.717, 1.165) is 16.6 Å². The Balaban J connectivity index is 2.16. The van der Waals surface area contributed by atoms with Crippen molar-refractivity contribution in [3.05, 3.63) is 41.0 Å². The smallest absolute Gasteiger partial charge is 0.485 e. The number of halogens is 4. The Kier molecular flexibility index (Phi) is 5.35. The third-order valence-corrected chi connectivity index (χ3v) is 2.85. The number of alkyl halides is 3. The summed E-state index contributed by atoms with van der Waals surface area (Å²) in [4.78, 5) is 4.10. The van der Waals surface area contributed by atoms with Crippen LogP contribution < -0.4 is 14.2 Å². The zero-order chi connectivity index (χ0) is 17.0. The van der Waals surface area contributed by atoms with Gasteiger partial charge in [0.25, 0.3) is 5.88 Å². The molecule has 1 heterocycles. The molecule has 4 nitrogen and oxygen atoms in total. The summed E-state index contributed by atoms with van der Waals surface area (Å²) >= 11 is 3.29. The van der Waals surface area contributed by atoms with Crippen LogP contribution in [0.15, 0.2) is 41.0 Å². The maximum absolute atomic E-state index is 12.1. The Bertz CT molecular complexity index is 660. The molecule has 8 heteroatoms. The lowest BCUT2D eigenvalue weighted by atomic mass is 10.3. The predicted molar refractivity (Wildman–Crippen MR) is 80.9 cm³/mol. The van der Waals surface area contributed by atoms with Crippen LogP contribution in [0.2, 0.25) is 0 Å². The second-order valence-electron chi connectivity index (χ2n) is 4.74. The Hall–Kier alpha value is -1.96. The topological polar surface area (TPSA) is 40.6 Å². The molecule has 0 amide bonds. The standard InChI is InChI=1S/C15H13BrF3NO3/c1-9(2)21-13-7-10(16)8-20-14(13)22-11-3-5-12(6-4-11)23-15(17,18)19/h3-9H,1-2H3. The molecule has 0 aliphatic carbocycles. The quantitative estimate of drug-likeness (QED) is 0.691. The average Bonchev–Trinajstić information content (AvgIpc) is 2.41. The van der Waals surface area contributed by atoms with Crippen molar-refractivity contribution in [3.63, 3.8) is 0 Å². The number of nitrogens with zero attached hydrogens (tertiary/aromatic N) is 1. The van der Waals surface area contributed by atoms with E-state index in [1.165, 1.54) is 18.3 Å². The zero-order valence-electron chi connectivity index (χ0n) is 12.2. The molecule has 0 atom stereocenters. The minimum absolute atomic E-state index is 0.0870. The molecular weight excluding hydrogens is 379 g/mol. The predicted octanol–water partition coefficient (Wildman–Crippen LogP) is 5.32. The van der Waals surface area contributed by atoms with Crippen LogP contribution in [0.4, 0.5) is 13.2 Å². The Morgan fingerprint density at radius 1 is 1.09 bits per heavy atom. The molecule has 23 heavy (non-hydrogen) atoms. The first-order chi connectivity index (χ1) is 10.7. The van der Waals surface area contributed by atoms with Crippen LogP contribution in [0.5, 0.6) is 23.1 Å². The molecule has 0 spiro atoms. The summed E-state index contributed by atoms with van der Waals surface area (Å²) in [6.45, 7) is 3.71. The van der Waals surface area contributed by atoms with Gasteiger partial charge in [-0.15, -0.1) is 13.2 Å². The molecule has 0 radical (unpaired) electrons. The molecule has 0 aliphatic rings. The largest absolute Gasteiger partial charge is 0.573 e. The number of rotatable bonds is 5. The summed E-state index contributed by atoms with van der Waals surface area (Å²) in [5.74, 6) is 0.617. The highest BCUT2D eigenvalue weighted by molar-refractivity contribution is 9.10. The number of pyridine rings is 1. The molecule has 1 aromatic heterocycles. The van der Waals surface area contributed by atoms with Gasteiger partial charge >= 0.3 is 6.36 Å². The van der Waals surface area contributed by atoms with Crippen molar-refractivity contribution in [2.45, 2.75) is 26.3 Å². The summed E-state index contributed by atoms with van der Waals surface area (Å²) < 4.78 is 52.0. The van der Waals surface area contributed by atoms with E-state index in [-0.39, 0.29) is 17.7 Å². The molecule has 0 N–H and O–H groups in total. The van der Waals surface area contributed by atoms with Crippen LogP contribution in [0.3, 0.4) is 0 Å². The second kappa shape index (κ2) is 7.08. The van der Waals surface area contributed by atoms with E-state index in [1.807, 2.05) is 13.8 Å². The average molecular weight is 392 g/mol. The van der Waals surface area contributed by atoms with Gasteiger partial charge in [-0.3, -0.25) is 0 Å². The van der Waals surface area contributed by atoms with Crippen LogP contribution in [-0.4, -0.2) is 17.5 Å². The highest BCUT2D eigenvalue weighted by atomic mass is 79.9. The normalized spacial score (nSPS) is 11.4. The van der Waals surface area contributed by atoms with Crippen molar-refractivity contribution in [2.75, 3.05) is 0 Å². The van der Waals surface area contributed by atoms with Gasteiger partial charge in [0, 0.05) is 16.7 Å². The van der Waals surface area contributed by atoms with E-state index < -0.39 is 6.36 Å². The van der Waals surface area contributed by atoms with Gasteiger partial charge in [0.1, 0.15) is 11.5 Å². The Morgan fingerprint density at radius 2 is 1.70 bits per heavy atom. The Labute approximate surface area is 139 Å². The summed E-state index contributed by atoms with van der Waals surface area (Å²) in [7, 11) is 0. The first-order valence-electron chi connectivity index (χ1n) is 6.59. The first-order valence-corrected chi connectivity index (χ1v) is 7.38. The van der Waals surface area contributed by atoms with E-state index in [1.54, 1.807) is 6.07 Å². The maximum atomic E-state index is 12.1. The molecule has 124 valence electrons. The van der Waals surface area contributed by atoms with Gasteiger partial charge < -0.3 is 14.2 Å². The number of benzene rings is 1. The zero-order valence-corrected chi connectivity index (χ0v) is 13.8. The van der Waals surface area contributed by atoms with Gasteiger partial charge in [0.05, 0.1) is 6.10 Å². The fourth-order valence-electron chi connectivity index (χ4n) is 1.64. The summed E-state index contributed by atoms with van der Waals surface area (Å²) in [6, 6.07) is 6.71. The number of hydrogen-bond acceptors (Lipinski definition) is 4. The summed E-state index contributed by atoms with van der Waals surface area (Å²) in [6.07, 6.45) is -3.28. The van der Waals surface area contributed by atoms with Crippen LogP contribution >= 0.6 is 15.9 Å². The van der Waals surface area contributed by atoms with E-state index in [2.05, 4.69) is 25.7 Å². The van der Waals surface area contributed by atoms with Gasteiger partial charge in [-0.25, -0.2) is 4.98 Å². The summed E-state index contributed by atoms with van der Waals surface area (Å²) in [5, 5.41) is 0. The molecular formula is C15H13BrF3NO3. The highest BCUT2D eigenvalue weighted by Crippen LogP contribution is 2.33. The van der Waals surface area contributed by atoms with E-state index >= 15 is 0 Å². The van der Waals surface area contributed by atoms with Crippen molar-refractivity contribution < 1.29 is 27.4 Å². The van der Waals surface area contributed by atoms with Crippen LogP contribution in [0, 0.1) is 0 Å². The molecule has 0 unspecified atom stereocenters. The van der Waals surface area contributed by atoms with Crippen molar-refractivity contribution in [2.24, 2.45) is 0 Å². The van der Waals surface area contributed by atoms with Crippen molar-refractivity contribution in [3.8, 4) is 23.1 Å². The van der Waals surface area contributed by atoms with E-state index in [0.29, 0.717) is 11.5 Å². The lowest BCUT2D eigenvalue weighted by Crippen LogP contribution is -2.16. The van der Waals surface area contributed by atoms with Crippen molar-refractivity contribution >= 4 is 15.9 Å². The van der Waals surface area contributed by atoms with Gasteiger partial charge in [0.2, 0.25) is 0 Å². The van der Waals surface area contributed by atoms with Gasteiger partial charge in [-0.1, -0.05) is 0 Å². The minimum Gasteiger partial charge on any atom is -0.485 e. The monoisotopic (exact) mass is 391 g/mol. The maximum Gasteiger partial charge on any atom is 0.573 e. The number of aromatic nitrogens is 1. The molecule has 2 rings (SSSR count). The minimum atomic E-state index is -4.73. The SMILES string of the molecule is CC(C)Oc1cc(Br)cnc1Oc1ccc(OC(F)(F)F)cc1. The summed E-state index contributed by atoms with van der Waals surface area (Å²) in [5.41, 5.74) is 0. The van der Waals surface area contributed by atoms with Gasteiger partial charge in [-0.2, -0.15) is 0 Å². The highest BCUT2D eigenvalue weighted by Gasteiger charge is 2.31. The Morgan fingerprint density at radius 3 is 2.26 bits per heavy atom. The van der Waals surface area contributed by atoms with Crippen LogP contribution in [0.1, 0.15) is 13.8 Å². The van der Waals surface area contributed by atoms with Gasteiger partial charge in [-0.05, 0) is 54.0 Å². The molecule has 0 aliphatic heterocycles. The van der Waals surface area contributed by atoms with Crippen molar-refractivity contribution in [1.82, 2.24) is 4.98 Å². The van der Waals surface area contributed by atoms with Gasteiger partial charge in [0.15, 0.2) is 5.75 Å². The lowest BCUT2D eigenvalue weighted by Gasteiger charge is -2.14. The molecule has 0 saturated heterocycles. The number of ether oxygens (including phenoxy) is 3. The van der Waals surface area contributed by atoms with E-state index in [9.17, 15) is 13.2 Å². The fourth-order valence-corrected chi connectivity index (χ4v) is 1.95. The molecule has 0 fully saturated rings. The van der Waals surface area contributed by atoms with E-state index in [4.69, 9.17) is 9.47 Å². The number of hydrogen-bond donors (Lipinski definition) is 0. The van der Waals surface area contributed by atoms with Crippen molar-refractivity contribution in [1.29, 1.82) is 0 Å². The lowest BCUT2D eigenvalue weighted by molar-refractivity contribution is -0.274.